The third-order valence-electron chi connectivity index (χ3n) is 4.03. The van der Waals surface area contributed by atoms with E-state index in [1.165, 1.54) is 37.5 Å². The van der Waals surface area contributed by atoms with E-state index in [2.05, 4.69) is 11.7 Å². The van der Waals surface area contributed by atoms with Gasteiger partial charge < -0.3 is 14.0 Å². The predicted molar refractivity (Wildman–Crippen MR) is 99.3 cm³/mol. The summed E-state index contributed by atoms with van der Waals surface area (Å²) < 4.78 is 42.5. The van der Waals surface area contributed by atoms with Crippen LogP contribution < -0.4 is 51.4 Å². The molecule has 0 spiro atoms. The van der Waals surface area contributed by atoms with E-state index in [0.29, 0.717) is 0 Å². The van der Waals surface area contributed by atoms with Crippen LogP contribution in [0.3, 0.4) is 0 Å². The second-order valence-corrected chi connectivity index (χ2v) is 7.92. The molecule has 0 fully saturated rings. The van der Waals surface area contributed by atoms with Crippen LogP contribution in [0.5, 0.6) is 0 Å². The molecule has 0 saturated heterocycles. The Hall–Kier alpha value is -0.294. The molecule has 0 saturated carbocycles. The van der Waals surface area contributed by atoms with Crippen molar-refractivity contribution in [2.45, 2.75) is 64.2 Å². The Morgan fingerprint density at radius 1 is 0.964 bits per heavy atom. The van der Waals surface area contributed by atoms with Gasteiger partial charge in [0.2, 0.25) is 0 Å². The van der Waals surface area contributed by atoms with Crippen molar-refractivity contribution < 1.29 is 83.4 Å². The van der Waals surface area contributed by atoms with Gasteiger partial charge in [-0.1, -0.05) is 57.6 Å². The molecule has 0 amide bonds. The molecule has 0 aliphatic rings. The largest absolute Gasteiger partial charge is 1.00 e. The minimum Gasteiger partial charge on any atom is -0.745 e. The fourth-order valence-corrected chi connectivity index (χ4v) is 2.62. The molecule has 0 aliphatic carbocycles. The first kappa shape index (κ1) is 27.7. The molecule has 1 unspecified atom stereocenters. The quantitative estimate of drug-likeness (QED) is 0.204. The maximum Gasteiger partial charge on any atom is 1.00 e. The smallest absolute Gasteiger partial charge is 0.745 e. The topological polar surface area (TPSA) is 110 Å². The average molecular weight is 439 g/mol. The van der Waals surface area contributed by atoms with Crippen molar-refractivity contribution >= 4 is 22.1 Å². The van der Waals surface area contributed by atoms with Gasteiger partial charge in [0.1, 0.15) is 10.1 Å². The first-order chi connectivity index (χ1) is 12.8. The van der Waals surface area contributed by atoms with Gasteiger partial charge >= 0.3 is 63.3 Å². The molecule has 0 radical (unpaired) electrons. The van der Waals surface area contributed by atoms with E-state index >= 15 is 0 Å². The van der Waals surface area contributed by atoms with E-state index in [4.69, 9.17) is 4.74 Å². The van der Waals surface area contributed by atoms with Gasteiger partial charge in [0.25, 0.3) is 0 Å². The number of rotatable bonds is 12. The number of ether oxygens (including phenoxy) is 2. The van der Waals surface area contributed by atoms with Gasteiger partial charge in [-0.15, -0.1) is 0 Å². The van der Waals surface area contributed by atoms with Crippen molar-refractivity contribution in [2.24, 2.45) is 0 Å². The number of carbonyl (C=O) groups is 2. The normalized spacial score (nSPS) is 12.0. The van der Waals surface area contributed by atoms with Crippen molar-refractivity contribution in [2.75, 3.05) is 6.61 Å². The van der Waals surface area contributed by atoms with E-state index in [9.17, 15) is 22.6 Å². The summed E-state index contributed by atoms with van der Waals surface area (Å²) in [7, 11) is -4.78. The Balaban J connectivity index is 0.00000729. The predicted octanol–water partition coefficient (Wildman–Crippen LogP) is 0.646. The summed E-state index contributed by atoms with van der Waals surface area (Å²) in [5, 5.41) is 0. The standard InChI is InChI=1S/C19H28O7S.K/c1-3-4-5-6-7-8-11-14-25-18(20)16-12-9-10-13-17(16)19(21)26-15(2)27(22,23)24;/h9-10,12-13,15H,3-8,11,14H2,1-2H3,(H,22,23,24);/q;+1/p-1. The maximum absolute atomic E-state index is 12.2. The Bertz CT molecular complexity index is 719. The Labute approximate surface area is 209 Å². The van der Waals surface area contributed by atoms with Gasteiger partial charge in [-0.25, -0.2) is 18.0 Å². The van der Waals surface area contributed by atoms with Gasteiger partial charge in [-0.05, 0) is 25.5 Å². The van der Waals surface area contributed by atoms with Crippen LogP contribution >= 0.6 is 0 Å². The fourth-order valence-electron chi connectivity index (χ4n) is 2.41. The molecule has 28 heavy (non-hydrogen) atoms. The van der Waals surface area contributed by atoms with E-state index in [-0.39, 0.29) is 69.1 Å². The SMILES string of the molecule is CCCCCCCCCOC(=O)c1ccccc1C(=O)OC(C)S(=O)(=O)[O-].[K+]. The van der Waals surface area contributed by atoms with Crippen molar-refractivity contribution in [1.82, 2.24) is 0 Å². The minimum absolute atomic E-state index is 0. The number of benzene rings is 1. The fraction of sp³-hybridized carbons (Fsp3) is 0.579. The molecule has 0 aliphatic heterocycles. The molecule has 0 heterocycles. The van der Waals surface area contributed by atoms with Crippen LogP contribution in [0.4, 0.5) is 0 Å². The molecule has 1 aromatic carbocycles. The summed E-state index contributed by atoms with van der Waals surface area (Å²) in [6, 6.07) is 5.76. The van der Waals surface area contributed by atoms with Gasteiger partial charge in [0, 0.05) is 0 Å². The zero-order valence-electron chi connectivity index (χ0n) is 16.8. The molecule has 1 atom stereocenters. The summed E-state index contributed by atoms with van der Waals surface area (Å²) in [6.45, 7) is 3.36. The zero-order chi connectivity index (χ0) is 20.3. The molecule has 7 nitrogen and oxygen atoms in total. The Morgan fingerprint density at radius 2 is 1.46 bits per heavy atom. The second kappa shape index (κ2) is 14.7. The summed E-state index contributed by atoms with van der Waals surface area (Å²) in [4.78, 5) is 24.3. The molecule has 9 heteroatoms. The Kier molecular flexibility index (Phi) is 14.5. The Morgan fingerprint density at radius 3 is 2.00 bits per heavy atom. The van der Waals surface area contributed by atoms with Crippen LogP contribution in [0.1, 0.15) is 79.5 Å². The van der Waals surface area contributed by atoms with Crippen LogP contribution in [0.15, 0.2) is 24.3 Å². The van der Waals surface area contributed by atoms with Crippen molar-refractivity contribution in [3.63, 3.8) is 0 Å². The maximum atomic E-state index is 12.2. The molecule has 1 aromatic rings. The van der Waals surface area contributed by atoms with Crippen LogP contribution in [-0.4, -0.2) is 37.0 Å². The van der Waals surface area contributed by atoms with E-state index in [1.807, 2.05) is 0 Å². The molecular formula is C19H27KO7S. The molecule has 0 bridgehead atoms. The van der Waals surface area contributed by atoms with Crippen molar-refractivity contribution in [3.05, 3.63) is 35.4 Å². The molecule has 0 N–H and O–H groups in total. The van der Waals surface area contributed by atoms with Crippen LogP contribution in [-0.2, 0) is 19.6 Å². The van der Waals surface area contributed by atoms with Gasteiger partial charge in [0.05, 0.1) is 17.7 Å². The van der Waals surface area contributed by atoms with Crippen molar-refractivity contribution in [1.29, 1.82) is 0 Å². The summed E-state index contributed by atoms with van der Waals surface area (Å²) in [5.41, 5.74) is -2.01. The third kappa shape index (κ3) is 10.5. The van der Waals surface area contributed by atoms with Crippen molar-refractivity contribution in [3.8, 4) is 0 Å². The van der Waals surface area contributed by atoms with Gasteiger partial charge in [-0.2, -0.15) is 0 Å². The second-order valence-electron chi connectivity index (χ2n) is 6.27. The van der Waals surface area contributed by atoms with Crippen LogP contribution in [0, 0.1) is 0 Å². The summed E-state index contributed by atoms with van der Waals surface area (Å²) in [6.07, 6.45) is 7.57. The minimum atomic E-state index is -4.78. The number of hydrogen-bond acceptors (Lipinski definition) is 7. The monoisotopic (exact) mass is 438 g/mol. The molecule has 0 aromatic heterocycles. The first-order valence-corrected chi connectivity index (χ1v) is 10.7. The third-order valence-corrected chi connectivity index (χ3v) is 4.94. The van der Waals surface area contributed by atoms with Crippen LogP contribution in [0.2, 0.25) is 0 Å². The zero-order valence-corrected chi connectivity index (χ0v) is 20.7. The van der Waals surface area contributed by atoms with Gasteiger partial charge in [0.15, 0.2) is 5.44 Å². The number of hydrogen-bond donors (Lipinski definition) is 0. The van der Waals surface area contributed by atoms with E-state index in [0.717, 1.165) is 32.6 Å². The summed E-state index contributed by atoms with van der Waals surface area (Å²) in [5.74, 6) is -1.75. The van der Waals surface area contributed by atoms with E-state index in [1.54, 1.807) is 6.07 Å². The van der Waals surface area contributed by atoms with Crippen LogP contribution in [0.25, 0.3) is 0 Å². The number of esters is 2. The molecule has 152 valence electrons. The molecule has 1 rings (SSSR count). The average Bonchev–Trinajstić information content (AvgIpc) is 2.62. The first-order valence-electron chi connectivity index (χ1n) is 9.19. The molecular weight excluding hydrogens is 411 g/mol. The van der Waals surface area contributed by atoms with Gasteiger partial charge in [-0.3, -0.25) is 0 Å². The summed E-state index contributed by atoms with van der Waals surface area (Å²) >= 11 is 0. The van der Waals surface area contributed by atoms with E-state index < -0.39 is 27.5 Å². The number of carbonyl (C=O) groups excluding carboxylic acids is 2. The number of unbranched alkanes of at least 4 members (excludes halogenated alkanes) is 6.